The van der Waals surface area contributed by atoms with Gasteiger partial charge in [-0.05, 0) is 36.2 Å². The summed E-state index contributed by atoms with van der Waals surface area (Å²) >= 11 is 0. The van der Waals surface area contributed by atoms with Crippen molar-refractivity contribution in [3.05, 3.63) is 65.5 Å². The molecular formula is C17H19FN2O. The fourth-order valence-corrected chi connectivity index (χ4v) is 2.21. The lowest BCUT2D eigenvalue weighted by Gasteiger charge is -2.21. The zero-order valence-corrected chi connectivity index (χ0v) is 12.1. The predicted octanol–water partition coefficient (Wildman–Crippen LogP) is 2.88. The zero-order chi connectivity index (χ0) is 15.2. The summed E-state index contributed by atoms with van der Waals surface area (Å²) in [6.07, 6.45) is 0.287. The van der Waals surface area contributed by atoms with Crippen molar-refractivity contribution in [3.63, 3.8) is 0 Å². The van der Waals surface area contributed by atoms with Crippen LogP contribution in [0.25, 0.3) is 0 Å². The minimum absolute atomic E-state index is 0.0522. The van der Waals surface area contributed by atoms with Crippen molar-refractivity contribution >= 4 is 11.6 Å². The Morgan fingerprint density at radius 1 is 1.14 bits per heavy atom. The molecule has 3 nitrogen and oxygen atoms in total. The number of likely N-dealkylation sites (N-methyl/N-ethyl adjacent to an activating group) is 1. The SMILES string of the molecule is CCN(C(=O)Cc1ccc(CN)cc1)c1cccc(F)c1. The van der Waals surface area contributed by atoms with Gasteiger partial charge in [0.1, 0.15) is 5.82 Å². The number of amides is 1. The molecule has 0 heterocycles. The average molecular weight is 286 g/mol. The number of nitrogens with zero attached hydrogens (tertiary/aromatic N) is 1. The number of hydrogen-bond donors (Lipinski definition) is 1. The van der Waals surface area contributed by atoms with Crippen LogP contribution in [0.4, 0.5) is 10.1 Å². The molecule has 0 unspecified atom stereocenters. The quantitative estimate of drug-likeness (QED) is 0.918. The molecule has 0 saturated carbocycles. The number of anilines is 1. The van der Waals surface area contributed by atoms with E-state index in [-0.39, 0.29) is 18.1 Å². The third-order valence-electron chi connectivity index (χ3n) is 3.35. The first-order valence-corrected chi connectivity index (χ1v) is 6.98. The Balaban J connectivity index is 2.12. The maximum Gasteiger partial charge on any atom is 0.231 e. The van der Waals surface area contributed by atoms with Crippen molar-refractivity contribution in [2.45, 2.75) is 19.9 Å². The molecule has 110 valence electrons. The van der Waals surface area contributed by atoms with E-state index in [1.807, 2.05) is 31.2 Å². The Labute approximate surface area is 124 Å². The van der Waals surface area contributed by atoms with Crippen LogP contribution in [0.2, 0.25) is 0 Å². The third kappa shape index (κ3) is 3.89. The molecule has 0 aliphatic rings. The minimum atomic E-state index is -0.342. The molecule has 0 saturated heterocycles. The molecule has 2 N–H and O–H groups in total. The van der Waals surface area contributed by atoms with E-state index in [0.717, 1.165) is 11.1 Å². The van der Waals surface area contributed by atoms with Gasteiger partial charge in [-0.15, -0.1) is 0 Å². The molecule has 0 spiro atoms. The molecule has 0 radical (unpaired) electrons. The molecule has 21 heavy (non-hydrogen) atoms. The minimum Gasteiger partial charge on any atom is -0.326 e. The van der Waals surface area contributed by atoms with Crippen molar-refractivity contribution in [1.82, 2.24) is 0 Å². The van der Waals surface area contributed by atoms with E-state index in [9.17, 15) is 9.18 Å². The van der Waals surface area contributed by atoms with Gasteiger partial charge in [-0.2, -0.15) is 0 Å². The molecule has 2 aromatic rings. The maximum atomic E-state index is 13.3. The van der Waals surface area contributed by atoms with Crippen LogP contribution >= 0.6 is 0 Å². The highest BCUT2D eigenvalue weighted by Gasteiger charge is 2.14. The fourth-order valence-electron chi connectivity index (χ4n) is 2.21. The van der Waals surface area contributed by atoms with E-state index in [1.165, 1.54) is 12.1 Å². The number of carbonyl (C=O) groups is 1. The summed E-state index contributed by atoms with van der Waals surface area (Å²) in [6.45, 7) is 2.86. The normalized spacial score (nSPS) is 10.4. The Morgan fingerprint density at radius 3 is 2.38 bits per heavy atom. The molecule has 4 heteroatoms. The predicted molar refractivity (Wildman–Crippen MR) is 82.5 cm³/mol. The highest BCUT2D eigenvalue weighted by atomic mass is 19.1. The Morgan fingerprint density at radius 2 is 1.81 bits per heavy atom. The van der Waals surface area contributed by atoms with Gasteiger partial charge in [-0.3, -0.25) is 4.79 Å². The topological polar surface area (TPSA) is 46.3 Å². The van der Waals surface area contributed by atoms with Crippen LogP contribution in [-0.4, -0.2) is 12.5 Å². The standard InChI is InChI=1S/C17H19FN2O/c1-2-20(16-5-3-4-15(18)11-16)17(21)10-13-6-8-14(12-19)9-7-13/h3-9,11H,2,10,12,19H2,1H3. The van der Waals surface area contributed by atoms with E-state index >= 15 is 0 Å². The number of nitrogens with two attached hydrogens (primary N) is 1. The first kappa shape index (κ1) is 15.2. The highest BCUT2D eigenvalue weighted by molar-refractivity contribution is 5.94. The summed E-state index contributed by atoms with van der Waals surface area (Å²) in [4.78, 5) is 14.0. The van der Waals surface area contributed by atoms with Gasteiger partial charge in [-0.1, -0.05) is 30.3 Å². The van der Waals surface area contributed by atoms with Gasteiger partial charge in [0.25, 0.3) is 0 Å². The van der Waals surface area contributed by atoms with E-state index < -0.39 is 0 Å². The summed E-state index contributed by atoms with van der Waals surface area (Å²) in [5.41, 5.74) is 8.09. The van der Waals surface area contributed by atoms with Gasteiger partial charge in [0.15, 0.2) is 0 Å². The van der Waals surface area contributed by atoms with Crippen LogP contribution in [0.5, 0.6) is 0 Å². The first-order valence-electron chi connectivity index (χ1n) is 6.98. The maximum absolute atomic E-state index is 13.3. The second-order valence-corrected chi connectivity index (χ2v) is 4.82. The molecule has 2 rings (SSSR count). The Hall–Kier alpha value is -2.20. The second kappa shape index (κ2) is 6.99. The van der Waals surface area contributed by atoms with Crippen LogP contribution < -0.4 is 10.6 Å². The van der Waals surface area contributed by atoms with Gasteiger partial charge in [0, 0.05) is 18.8 Å². The molecular weight excluding hydrogens is 267 g/mol. The van der Waals surface area contributed by atoms with E-state index in [4.69, 9.17) is 5.73 Å². The Kier molecular flexibility index (Phi) is 5.06. The van der Waals surface area contributed by atoms with Gasteiger partial charge in [0.2, 0.25) is 5.91 Å². The van der Waals surface area contributed by atoms with E-state index in [0.29, 0.717) is 18.8 Å². The van der Waals surface area contributed by atoms with Crippen molar-refractivity contribution in [2.75, 3.05) is 11.4 Å². The number of hydrogen-bond acceptors (Lipinski definition) is 2. The van der Waals surface area contributed by atoms with Crippen LogP contribution in [-0.2, 0) is 17.8 Å². The van der Waals surface area contributed by atoms with Gasteiger partial charge in [-0.25, -0.2) is 4.39 Å². The number of halogens is 1. The summed E-state index contributed by atoms with van der Waals surface area (Å²) in [6, 6.07) is 13.7. The summed E-state index contributed by atoms with van der Waals surface area (Å²) in [5.74, 6) is -0.394. The molecule has 0 aliphatic heterocycles. The molecule has 1 amide bonds. The number of rotatable bonds is 5. The first-order chi connectivity index (χ1) is 10.1. The zero-order valence-electron chi connectivity index (χ0n) is 12.1. The summed E-state index contributed by atoms with van der Waals surface area (Å²) in [5, 5.41) is 0. The smallest absolute Gasteiger partial charge is 0.231 e. The van der Waals surface area contributed by atoms with Crippen molar-refractivity contribution in [1.29, 1.82) is 0 Å². The lowest BCUT2D eigenvalue weighted by Crippen LogP contribution is -2.32. The van der Waals surface area contributed by atoms with Gasteiger partial charge in [0.05, 0.1) is 6.42 Å². The van der Waals surface area contributed by atoms with Crippen LogP contribution in [0.3, 0.4) is 0 Å². The molecule has 2 aromatic carbocycles. The lowest BCUT2D eigenvalue weighted by atomic mass is 10.1. The summed E-state index contributed by atoms with van der Waals surface area (Å²) in [7, 11) is 0. The van der Waals surface area contributed by atoms with Gasteiger partial charge >= 0.3 is 0 Å². The van der Waals surface area contributed by atoms with E-state index in [2.05, 4.69) is 0 Å². The van der Waals surface area contributed by atoms with Crippen LogP contribution in [0.15, 0.2) is 48.5 Å². The summed E-state index contributed by atoms with van der Waals surface area (Å²) < 4.78 is 13.3. The van der Waals surface area contributed by atoms with Crippen molar-refractivity contribution in [2.24, 2.45) is 5.73 Å². The van der Waals surface area contributed by atoms with Crippen LogP contribution in [0, 0.1) is 5.82 Å². The monoisotopic (exact) mass is 286 g/mol. The molecule has 0 atom stereocenters. The second-order valence-electron chi connectivity index (χ2n) is 4.82. The molecule has 0 aromatic heterocycles. The highest BCUT2D eigenvalue weighted by Crippen LogP contribution is 2.17. The van der Waals surface area contributed by atoms with Gasteiger partial charge < -0.3 is 10.6 Å². The Bertz CT molecular complexity index is 610. The number of benzene rings is 2. The third-order valence-corrected chi connectivity index (χ3v) is 3.35. The number of carbonyl (C=O) groups excluding carboxylic acids is 1. The lowest BCUT2D eigenvalue weighted by molar-refractivity contribution is -0.117. The van der Waals surface area contributed by atoms with Crippen LogP contribution in [0.1, 0.15) is 18.1 Å². The molecule has 0 fully saturated rings. The van der Waals surface area contributed by atoms with E-state index in [1.54, 1.807) is 17.0 Å². The van der Waals surface area contributed by atoms with Crippen molar-refractivity contribution in [3.8, 4) is 0 Å². The molecule has 0 bridgehead atoms. The molecule has 0 aliphatic carbocycles. The van der Waals surface area contributed by atoms with Crippen molar-refractivity contribution < 1.29 is 9.18 Å². The fraction of sp³-hybridized carbons (Fsp3) is 0.235. The average Bonchev–Trinajstić information content (AvgIpc) is 2.49. The largest absolute Gasteiger partial charge is 0.326 e.